The number of carbonyl (C=O) groups is 1. The van der Waals surface area contributed by atoms with Crippen LogP contribution in [0.25, 0.3) is 11.8 Å². The van der Waals surface area contributed by atoms with E-state index in [2.05, 4.69) is 25.9 Å². The predicted octanol–water partition coefficient (Wildman–Crippen LogP) is 5.62. The highest BCUT2D eigenvalue weighted by Gasteiger charge is 2.35. The fourth-order valence-corrected chi connectivity index (χ4v) is 7.42. The van der Waals surface area contributed by atoms with Gasteiger partial charge >= 0.3 is 5.97 Å². The molecular formula is C34H29BrN4O6S2. The second-order valence-electron chi connectivity index (χ2n) is 10.7. The summed E-state index contributed by atoms with van der Waals surface area (Å²) >= 11 is 5.85. The molecule has 5 aromatic rings. The molecule has 6 rings (SSSR count). The lowest BCUT2D eigenvalue weighted by Crippen LogP contribution is -2.40. The number of benzene rings is 2. The van der Waals surface area contributed by atoms with E-state index in [4.69, 9.17) is 18.9 Å². The van der Waals surface area contributed by atoms with Crippen LogP contribution < -0.4 is 25.2 Å². The monoisotopic (exact) mass is 732 g/mol. The van der Waals surface area contributed by atoms with Crippen molar-refractivity contribution >= 4 is 56.8 Å². The first-order valence-electron chi connectivity index (χ1n) is 14.7. The SMILES string of the molecule is CCOC(=O)C1=C(c2ccccc2)N=c2s/c(=C\c3cc(Br)c(Sc4nc(C)cc(=O)[nH]4)o3)c(=O)n2[C@@H]1c1ccc(OC(C)C)cc1. The number of carbonyl (C=O) groups excluding carboxylic acids is 1. The molecule has 0 saturated carbocycles. The number of nitrogens with one attached hydrogen (secondary N) is 1. The first kappa shape index (κ1) is 32.5. The minimum atomic E-state index is -0.825. The topological polar surface area (TPSA) is 129 Å². The Kier molecular flexibility index (Phi) is 9.48. The highest BCUT2D eigenvalue weighted by molar-refractivity contribution is 9.10. The molecule has 0 fully saturated rings. The fourth-order valence-electron chi connectivity index (χ4n) is 5.08. The molecule has 10 nitrogen and oxygen atoms in total. The van der Waals surface area contributed by atoms with Crippen molar-refractivity contribution in [1.29, 1.82) is 0 Å². The molecular weight excluding hydrogens is 704 g/mol. The zero-order valence-corrected chi connectivity index (χ0v) is 29.0. The minimum Gasteiger partial charge on any atom is -0.491 e. The van der Waals surface area contributed by atoms with Gasteiger partial charge in [0.15, 0.2) is 15.1 Å². The smallest absolute Gasteiger partial charge is 0.338 e. The van der Waals surface area contributed by atoms with Crippen LogP contribution in [0.3, 0.4) is 0 Å². The van der Waals surface area contributed by atoms with Crippen LogP contribution in [0.2, 0.25) is 0 Å². The molecule has 1 aliphatic rings. The molecule has 0 spiro atoms. The molecule has 1 atom stereocenters. The van der Waals surface area contributed by atoms with Crippen LogP contribution in [0.5, 0.6) is 5.75 Å². The zero-order valence-electron chi connectivity index (χ0n) is 25.8. The van der Waals surface area contributed by atoms with Crippen LogP contribution in [0.4, 0.5) is 0 Å². The Labute approximate surface area is 285 Å². The molecule has 0 amide bonds. The number of hydrogen-bond donors (Lipinski definition) is 1. The third kappa shape index (κ3) is 6.97. The molecule has 0 radical (unpaired) electrons. The molecule has 0 bridgehead atoms. The lowest BCUT2D eigenvalue weighted by molar-refractivity contribution is -0.138. The predicted molar refractivity (Wildman–Crippen MR) is 183 cm³/mol. The number of aromatic nitrogens is 3. The van der Waals surface area contributed by atoms with Crippen molar-refractivity contribution in [3.8, 4) is 5.75 Å². The minimum absolute atomic E-state index is 0.0193. The molecule has 1 aliphatic heterocycles. The van der Waals surface area contributed by atoms with E-state index in [1.807, 2.05) is 68.4 Å². The standard InChI is InChI=1S/C34H29BrN4O6S2/c1-5-43-31(42)27-28(20-9-7-6-8-10-20)38-34-39(29(27)21-11-13-22(14-12-21)44-18(2)3)30(41)25(46-34)17-23-16-24(35)32(45-23)47-33-36-19(4)15-26(40)37-33/h6-18,29H,5H2,1-4H3,(H,36,37,40)/b25-17-/t29-/m1/s1. The first-order chi connectivity index (χ1) is 22.6. The molecule has 1 N–H and O–H groups in total. The second kappa shape index (κ2) is 13.7. The Morgan fingerprint density at radius 1 is 1.15 bits per heavy atom. The Morgan fingerprint density at radius 3 is 2.57 bits per heavy atom. The number of furan rings is 1. The number of hydrogen-bond acceptors (Lipinski definition) is 10. The summed E-state index contributed by atoms with van der Waals surface area (Å²) in [6.45, 7) is 7.52. The quantitative estimate of drug-likeness (QED) is 0.153. The van der Waals surface area contributed by atoms with Crippen molar-refractivity contribution in [2.24, 2.45) is 4.99 Å². The van der Waals surface area contributed by atoms with Crippen molar-refractivity contribution in [2.75, 3.05) is 6.61 Å². The van der Waals surface area contributed by atoms with Crippen molar-refractivity contribution in [1.82, 2.24) is 14.5 Å². The molecule has 240 valence electrons. The van der Waals surface area contributed by atoms with Gasteiger partial charge in [-0.05, 0) is 79.1 Å². The Hall–Kier alpha value is -4.46. The van der Waals surface area contributed by atoms with Gasteiger partial charge in [-0.3, -0.25) is 14.2 Å². The second-order valence-corrected chi connectivity index (χ2v) is 13.6. The van der Waals surface area contributed by atoms with Gasteiger partial charge in [-0.15, -0.1) is 0 Å². The zero-order chi connectivity index (χ0) is 33.2. The van der Waals surface area contributed by atoms with E-state index in [1.165, 1.54) is 22.0 Å². The molecule has 0 saturated heterocycles. The van der Waals surface area contributed by atoms with E-state index in [-0.39, 0.29) is 29.4 Å². The average molecular weight is 734 g/mol. The third-order valence-electron chi connectivity index (χ3n) is 6.93. The number of nitrogens with zero attached hydrogens (tertiary/aromatic N) is 3. The molecule has 0 unspecified atom stereocenters. The van der Waals surface area contributed by atoms with Gasteiger partial charge in [0.1, 0.15) is 11.5 Å². The number of aryl methyl sites for hydroxylation is 1. The molecule has 47 heavy (non-hydrogen) atoms. The number of H-pyrrole nitrogens is 1. The van der Waals surface area contributed by atoms with Crippen molar-refractivity contribution < 1.29 is 18.7 Å². The van der Waals surface area contributed by atoms with Gasteiger partial charge in [-0.2, -0.15) is 0 Å². The molecule has 3 aromatic heterocycles. The van der Waals surface area contributed by atoms with Crippen LogP contribution >= 0.6 is 39.0 Å². The van der Waals surface area contributed by atoms with Crippen molar-refractivity contribution in [2.45, 2.75) is 50.1 Å². The summed E-state index contributed by atoms with van der Waals surface area (Å²) in [5.74, 6) is 0.513. The largest absolute Gasteiger partial charge is 0.491 e. The van der Waals surface area contributed by atoms with E-state index in [9.17, 15) is 14.4 Å². The van der Waals surface area contributed by atoms with E-state index < -0.39 is 12.0 Å². The van der Waals surface area contributed by atoms with Crippen LogP contribution in [-0.4, -0.2) is 33.2 Å². The maximum Gasteiger partial charge on any atom is 0.338 e. The maximum absolute atomic E-state index is 14.2. The highest BCUT2D eigenvalue weighted by atomic mass is 79.9. The Morgan fingerprint density at radius 2 is 1.89 bits per heavy atom. The number of thiazole rings is 1. The molecule has 2 aromatic carbocycles. The summed E-state index contributed by atoms with van der Waals surface area (Å²) in [6, 6.07) is 19.0. The first-order valence-corrected chi connectivity index (χ1v) is 17.1. The van der Waals surface area contributed by atoms with Crippen LogP contribution in [0.15, 0.2) is 106 Å². The van der Waals surface area contributed by atoms with Crippen LogP contribution in [0.1, 0.15) is 49.4 Å². The number of ether oxygens (including phenoxy) is 2. The van der Waals surface area contributed by atoms with Gasteiger partial charge in [0.25, 0.3) is 11.1 Å². The van der Waals surface area contributed by atoms with Crippen molar-refractivity contribution in [3.05, 3.63) is 129 Å². The number of halogens is 1. The summed E-state index contributed by atoms with van der Waals surface area (Å²) in [7, 11) is 0. The van der Waals surface area contributed by atoms with E-state index in [1.54, 1.807) is 26.0 Å². The maximum atomic E-state index is 14.2. The van der Waals surface area contributed by atoms with Gasteiger partial charge < -0.3 is 18.9 Å². The lowest BCUT2D eigenvalue weighted by Gasteiger charge is -2.26. The number of fused-ring (bicyclic) bond motifs is 1. The Balaban J connectivity index is 1.51. The third-order valence-corrected chi connectivity index (χ3v) is 9.64. The molecule has 4 heterocycles. The van der Waals surface area contributed by atoms with E-state index in [0.717, 1.165) is 17.3 Å². The van der Waals surface area contributed by atoms with E-state index in [0.29, 0.717) is 52.5 Å². The fraction of sp³-hybridized carbons (Fsp3) is 0.206. The van der Waals surface area contributed by atoms with Crippen molar-refractivity contribution in [3.63, 3.8) is 0 Å². The summed E-state index contributed by atoms with van der Waals surface area (Å²) < 4.78 is 20.0. The molecule has 13 heteroatoms. The van der Waals surface area contributed by atoms with Gasteiger partial charge in [-0.1, -0.05) is 53.8 Å². The van der Waals surface area contributed by atoms with Gasteiger partial charge in [0.2, 0.25) is 0 Å². The summed E-state index contributed by atoms with van der Waals surface area (Å²) in [5, 5.41) is 0.830. The normalized spacial score (nSPS) is 14.7. The summed E-state index contributed by atoms with van der Waals surface area (Å²) in [5.41, 5.74) is 2.07. The summed E-state index contributed by atoms with van der Waals surface area (Å²) in [6.07, 6.45) is 1.62. The Bertz CT molecular complexity index is 2230. The summed E-state index contributed by atoms with van der Waals surface area (Å²) in [4.78, 5) is 52.2. The van der Waals surface area contributed by atoms with Gasteiger partial charge in [0.05, 0.1) is 39.0 Å². The molecule has 0 aliphatic carbocycles. The van der Waals surface area contributed by atoms with Crippen LogP contribution in [-0.2, 0) is 9.53 Å². The van der Waals surface area contributed by atoms with Crippen LogP contribution in [0, 0.1) is 6.92 Å². The lowest BCUT2D eigenvalue weighted by atomic mass is 9.93. The van der Waals surface area contributed by atoms with Gasteiger partial charge in [0, 0.05) is 23.4 Å². The highest BCUT2D eigenvalue weighted by Crippen LogP contribution is 2.36. The van der Waals surface area contributed by atoms with E-state index >= 15 is 0 Å². The number of esters is 1. The number of rotatable bonds is 9. The van der Waals surface area contributed by atoms with Gasteiger partial charge in [-0.25, -0.2) is 14.8 Å². The average Bonchev–Trinajstić information content (AvgIpc) is 3.53. The number of aromatic amines is 1.